The second-order valence-corrected chi connectivity index (χ2v) is 0.338. The first-order chi connectivity index (χ1) is 1.73. The van der Waals surface area contributed by atoms with Gasteiger partial charge in [0.1, 0.15) is 0 Å². The molecule has 0 aliphatic heterocycles. The van der Waals surface area contributed by atoms with Crippen molar-refractivity contribution in [2.75, 3.05) is 0 Å². The maximum absolute atomic E-state index is 8.78. The molecule has 5 heavy (non-hydrogen) atoms. The van der Waals surface area contributed by atoms with E-state index in [9.17, 15) is 0 Å². The van der Waals surface area contributed by atoms with Gasteiger partial charge in [0.25, 0.3) is 0 Å². The van der Waals surface area contributed by atoms with Crippen molar-refractivity contribution in [3.8, 4) is 0 Å². The number of nitrogens with two attached hydrogens (primary N) is 1. The number of hydrogen-bond donors (Lipinski definition) is 2. The largest absolute Gasteiger partial charge is 0.465 e. The van der Waals surface area contributed by atoms with E-state index in [0.29, 0.717) is 0 Å². The Morgan fingerprint density at radius 1 is 1.80 bits per heavy atom. The molecule has 0 aromatic rings. The van der Waals surface area contributed by atoms with Crippen LogP contribution in [0.2, 0.25) is 0 Å². The first-order valence-electron chi connectivity index (χ1n) is 0.716. The second-order valence-electron chi connectivity index (χ2n) is 0.338. The van der Waals surface area contributed by atoms with Gasteiger partial charge in [0.05, 0.1) is 0 Å². The number of carbonyl (C=O) groups is 1. The molecule has 0 radical (unpaired) electrons. The van der Waals surface area contributed by atoms with Gasteiger partial charge in [-0.05, 0) is 0 Å². The van der Waals surface area contributed by atoms with Crippen LogP contribution in [0.4, 0.5) is 4.79 Å². The molecule has 0 aromatic heterocycles. The Morgan fingerprint density at radius 2 is 1.80 bits per heavy atom. The molecule has 0 aliphatic carbocycles. The quantitative estimate of drug-likeness (QED) is 0.449. The molecule has 0 spiro atoms. The zero-order valence-electron chi connectivity index (χ0n) is 2.34. The average Bonchev–Trinajstić information content (AvgIpc) is 0.811. The predicted molar refractivity (Wildman–Crippen MR) is 12.2 cm³/mol. The van der Waals surface area contributed by atoms with Crippen LogP contribution in [0.15, 0.2) is 0 Å². The third kappa shape index (κ3) is 317. The Morgan fingerprint density at radius 3 is 1.80 bits per heavy atom. The SMILES string of the molecule is NC(=O)O.[Cr]. The molecule has 3 nitrogen and oxygen atoms in total. The van der Waals surface area contributed by atoms with E-state index in [1.165, 1.54) is 0 Å². The number of amides is 1. The standard InChI is InChI=1S/CH3NO2.Cr/c2-1(3)4;/h2H2,(H,3,4);. The summed E-state index contributed by atoms with van der Waals surface area (Å²) in [5, 5.41) is 7.19. The fraction of sp³-hybridized carbons (Fsp3) is 0. The summed E-state index contributed by atoms with van der Waals surface area (Å²) >= 11 is 0. The minimum atomic E-state index is -1.33. The van der Waals surface area contributed by atoms with Gasteiger partial charge in [-0.25, -0.2) is 4.79 Å². The first-order valence-corrected chi connectivity index (χ1v) is 0.716. The van der Waals surface area contributed by atoms with Gasteiger partial charge in [-0.1, -0.05) is 0 Å². The van der Waals surface area contributed by atoms with Crippen LogP contribution in [-0.2, 0) is 17.4 Å². The molecule has 0 aliphatic rings. The van der Waals surface area contributed by atoms with Gasteiger partial charge in [0, 0.05) is 17.4 Å². The molecule has 0 atom stereocenters. The summed E-state index contributed by atoms with van der Waals surface area (Å²) in [4.78, 5) is 8.78. The summed E-state index contributed by atoms with van der Waals surface area (Å²) in [6, 6.07) is 0. The van der Waals surface area contributed by atoms with Crippen molar-refractivity contribution >= 4 is 6.09 Å². The van der Waals surface area contributed by atoms with Crippen molar-refractivity contribution in [3.05, 3.63) is 0 Å². The Bertz CT molecular complexity index is 32.6. The fourth-order valence-electron chi connectivity index (χ4n) is 0. The minimum absolute atomic E-state index is 0. The van der Waals surface area contributed by atoms with Gasteiger partial charge >= 0.3 is 6.09 Å². The van der Waals surface area contributed by atoms with E-state index in [1.54, 1.807) is 0 Å². The van der Waals surface area contributed by atoms with Crippen LogP contribution in [-0.4, -0.2) is 11.2 Å². The van der Waals surface area contributed by atoms with Crippen molar-refractivity contribution in [3.63, 3.8) is 0 Å². The molecule has 0 rings (SSSR count). The van der Waals surface area contributed by atoms with E-state index in [2.05, 4.69) is 5.73 Å². The van der Waals surface area contributed by atoms with Crippen molar-refractivity contribution < 1.29 is 27.3 Å². The molecule has 4 heteroatoms. The van der Waals surface area contributed by atoms with Crippen molar-refractivity contribution in [2.24, 2.45) is 5.73 Å². The van der Waals surface area contributed by atoms with Gasteiger partial charge in [-0.3, -0.25) is 0 Å². The summed E-state index contributed by atoms with van der Waals surface area (Å²) < 4.78 is 0. The molecule has 0 saturated carbocycles. The number of hydrogen-bond acceptors (Lipinski definition) is 1. The van der Waals surface area contributed by atoms with Crippen molar-refractivity contribution in [1.29, 1.82) is 0 Å². The van der Waals surface area contributed by atoms with Crippen LogP contribution < -0.4 is 5.73 Å². The van der Waals surface area contributed by atoms with E-state index >= 15 is 0 Å². The van der Waals surface area contributed by atoms with E-state index < -0.39 is 6.09 Å². The van der Waals surface area contributed by atoms with Crippen LogP contribution in [0.3, 0.4) is 0 Å². The van der Waals surface area contributed by atoms with Gasteiger partial charge in [-0.15, -0.1) is 0 Å². The van der Waals surface area contributed by atoms with Gasteiger partial charge in [0.2, 0.25) is 0 Å². The Kier molecular flexibility index (Phi) is 6.72. The number of primary amides is 1. The van der Waals surface area contributed by atoms with Crippen LogP contribution >= 0.6 is 0 Å². The van der Waals surface area contributed by atoms with Crippen LogP contribution in [0.1, 0.15) is 0 Å². The molecule has 0 fully saturated rings. The average molecular weight is 113 g/mol. The van der Waals surface area contributed by atoms with E-state index in [0.717, 1.165) is 0 Å². The van der Waals surface area contributed by atoms with Gasteiger partial charge < -0.3 is 10.8 Å². The molecule has 30 valence electrons. The van der Waals surface area contributed by atoms with Crippen LogP contribution in [0.5, 0.6) is 0 Å². The maximum atomic E-state index is 8.78. The molecular weight excluding hydrogens is 110 g/mol. The normalized spacial score (nSPS) is 4.80. The molecule has 0 unspecified atom stereocenters. The fourth-order valence-corrected chi connectivity index (χ4v) is 0. The molecule has 1 amide bonds. The summed E-state index contributed by atoms with van der Waals surface area (Å²) in [5.41, 5.74) is 4.03. The second kappa shape index (κ2) is 3.80. The molecule has 3 N–H and O–H groups in total. The molecule has 0 heterocycles. The monoisotopic (exact) mass is 113 g/mol. The van der Waals surface area contributed by atoms with Crippen LogP contribution in [0, 0.1) is 0 Å². The smallest absolute Gasteiger partial charge is 0.402 e. The third-order valence-corrected chi connectivity index (χ3v) is 0. The third-order valence-electron chi connectivity index (χ3n) is 0. The van der Waals surface area contributed by atoms with E-state index in [4.69, 9.17) is 9.90 Å². The Hall–Kier alpha value is -0.198. The maximum Gasteiger partial charge on any atom is 0.402 e. The molecule has 0 bridgehead atoms. The Balaban J connectivity index is 0. The summed E-state index contributed by atoms with van der Waals surface area (Å²) in [6.45, 7) is 0. The Labute approximate surface area is 39.9 Å². The van der Waals surface area contributed by atoms with Crippen molar-refractivity contribution in [1.82, 2.24) is 0 Å². The summed E-state index contributed by atoms with van der Waals surface area (Å²) in [5.74, 6) is 0. The topological polar surface area (TPSA) is 63.3 Å². The van der Waals surface area contributed by atoms with Gasteiger partial charge in [-0.2, -0.15) is 0 Å². The number of carboxylic acid groups (broad SMARTS) is 1. The molecule has 0 aromatic carbocycles. The molecular formula is CH3CrNO2. The zero-order valence-corrected chi connectivity index (χ0v) is 3.62. The van der Waals surface area contributed by atoms with E-state index in [1.807, 2.05) is 0 Å². The zero-order chi connectivity index (χ0) is 3.58. The molecule has 0 saturated heterocycles. The first kappa shape index (κ1) is 8.84. The summed E-state index contributed by atoms with van der Waals surface area (Å²) in [7, 11) is 0. The summed E-state index contributed by atoms with van der Waals surface area (Å²) in [6.07, 6.45) is -1.33. The van der Waals surface area contributed by atoms with Gasteiger partial charge in [0.15, 0.2) is 0 Å². The van der Waals surface area contributed by atoms with E-state index in [-0.39, 0.29) is 17.4 Å². The minimum Gasteiger partial charge on any atom is -0.465 e. The number of rotatable bonds is 0. The predicted octanol–water partition coefficient (Wildman–Crippen LogP) is -0.379. The van der Waals surface area contributed by atoms with Crippen LogP contribution in [0.25, 0.3) is 0 Å². The van der Waals surface area contributed by atoms with Crippen molar-refractivity contribution in [2.45, 2.75) is 0 Å².